The number of benzene rings is 2. The van der Waals surface area contributed by atoms with E-state index in [1.54, 1.807) is 24.3 Å². The van der Waals surface area contributed by atoms with Crippen LogP contribution >= 0.6 is 22.7 Å². The first-order valence-electron chi connectivity index (χ1n) is 16.9. The summed E-state index contributed by atoms with van der Waals surface area (Å²) in [6, 6.07) is 19.9. The molecule has 2 fully saturated rings. The Morgan fingerprint density at radius 2 is 1.84 bits per heavy atom. The molecule has 3 unspecified atom stereocenters. The first kappa shape index (κ1) is 32.9. The minimum atomic E-state index is -1.78. The van der Waals surface area contributed by atoms with E-state index >= 15 is 0 Å². The normalized spacial score (nSPS) is 19.9. The van der Waals surface area contributed by atoms with E-state index in [9.17, 15) is 24.9 Å². The van der Waals surface area contributed by atoms with Crippen molar-refractivity contribution in [2.75, 3.05) is 19.6 Å². The van der Waals surface area contributed by atoms with E-state index in [1.807, 2.05) is 22.9 Å². The van der Waals surface area contributed by atoms with E-state index < -0.39 is 17.7 Å². The summed E-state index contributed by atoms with van der Waals surface area (Å²) in [5, 5.41) is 43.8. The fourth-order valence-electron chi connectivity index (χ4n) is 7.77. The van der Waals surface area contributed by atoms with Gasteiger partial charge in [0.25, 0.3) is 0 Å². The van der Waals surface area contributed by atoms with E-state index in [0.717, 1.165) is 55.5 Å². The molecule has 0 radical (unpaired) electrons. The lowest BCUT2D eigenvalue weighted by Crippen LogP contribution is -2.47. The van der Waals surface area contributed by atoms with Crippen LogP contribution in [-0.2, 0) is 28.2 Å². The lowest BCUT2D eigenvalue weighted by molar-refractivity contribution is -0.170. The van der Waals surface area contributed by atoms with E-state index in [0.29, 0.717) is 45.2 Å². The summed E-state index contributed by atoms with van der Waals surface area (Å²) < 4.78 is 8.27. The van der Waals surface area contributed by atoms with Gasteiger partial charge in [0.1, 0.15) is 11.9 Å². The topological polar surface area (TPSA) is 156 Å². The Morgan fingerprint density at radius 3 is 2.56 bits per heavy atom. The van der Waals surface area contributed by atoms with Crippen molar-refractivity contribution in [1.29, 1.82) is 0 Å². The monoisotopic (exact) mass is 713 g/mol. The molecule has 50 heavy (non-hydrogen) atoms. The molecule has 1 aliphatic heterocycles. The minimum Gasteiger partial charge on any atom is -0.506 e. The van der Waals surface area contributed by atoms with Gasteiger partial charge >= 0.3 is 5.97 Å². The number of H-pyrrole nitrogens is 2. The van der Waals surface area contributed by atoms with Crippen molar-refractivity contribution < 1.29 is 24.9 Å². The highest BCUT2D eigenvalue weighted by molar-refractivity contribution is 7.12. The summed E-state index contributed by atoms with van der Waals surface area (Å²) in [5.41, 5.74) is 2.15. The number of thiophene rings is 2. The number of aryl methyl sites for hydroxylation is 1. The molecule has 1 aliphatic carbocycles. The SMILES string of the molecule is O=C(OC1CC2CC1N(CCCn1[nH]c3cc(CNC[C@H](O)c4ccc(O)c5[nH]c(=O)ccc45)ccc31)C2)C(O)(c1cccs1)c1cccs1. The molecule has 4 aromatic heterocycles. The van der Waals surface area contributed by atoms with Crippen molar-refractivity contribution in [3.05, 3.63) is 109 Å². The van der Waals surface area contributed by atoms with Gasteiger partial charge in [0, 0.05) is 50.2 Å². The molecule has 8 rings (SSSR count). The number of carbonyl (C=O) groups is 1. The molecule has 260 valence electrons. The van der Waals surface area contributed by atoms with Crippen LogP contribution in [0.1, 0.15) is 46.2 Å². The smallest absolute Gasteiger partial charge is 0.349 e. The average Bonchev–Trinajstić information content (AvgIpc) is 3.94. The second kappa shape index (κ2) is 13.5. The number of phenols is 1. The van der Waals surface area contributed by atoms with Gasteiger partial charge in [0.2, 0.25) is 11.2 Å². The van der Waals surface area contributed by atoms with Crippen LogP contribution in [0.5, 0.6) is 5.75 Å². The highest BCUT2D eigenvalue weighted by Crippen LogP contribution is 2.42. The van der Waals surface area contributed by atoms with Crippen LogP contribution in [0, 0.1) is 5.92 Å². The first-order valence-corrected chi connectivity index (χ1v) is 18.7. The number of aromatic nitrogens is 3. The summed E-state index contributed by atoms with van der Waals surface area (Å²) in [6.45, 7) is 3.63. The van der Waals surface area contributed by atoms with Crippen LogP contribution in [-0.4, -0.2) is 72.7 Å². The molecule has 1 saturated heterocycles. The van der Waals surface area contributed by atoms with Gasteiger partial charge in [-0.05, 0) is 83.5 Å². The molecule has 13 heteroatoms. The van der Waals surface area contributed by atoms with Crippen molar-refractivity contribution in [2.24, 2.45) is 5.92 Å². The first-order chi connectivity index (χ1) is 24.3. The maximum Gasteiger partial charge on any atom is 0.349 e. The Kier molecular flexibility index (Phi) is 8.87. The van der Waals surface area contributed by atoms with Crippen LogP contribution in [0.2, 0.25) is 0 Å². The summed E-state index contributed by atoms with van der Waals surface area (Å²) in [4.78, 5) is 31.5. The number of pyridine rings is 1. The molecular weight excluding hydrogens is 675 g/mol. The van der Waals surface area contributed by atoms with E-state index in [1.165, 1.54) is 34.8 Å². The number of ether oxygens (including phenoxy) is 1. The predicted molar refractivity (Wildman–Crippen MR) is 193 cm³/mol. The second-order valence-electron chi connectivity index (χ2n) is 13.4. The molecule has 4 atom stereocenters. The number of esters is 1. The Labute approximate surface area is 295 Å². The van der Waals surface area contributed by atoms with E-state index in [2.05, 4.69) is 43.2 Å². The lowest BCUT2D eigenvalue weighted by Gasteiger charge is -2.35. The molecular formula is C37H39N5O6S2. The number of rotatable bonds is 13. The quantitative estimate of drug-likeness (QED) is 0.0934. The maximum atomic E-state index is 13.6. The highest BCUT2D eigenvalue weighted by Gasteiger charge is 2.50. The number of phenolic OH excluding ortho intramolecular Hbond substituents is 1. The van der Waals surface area contributed by atoms with Crippen LogP contribution in [0.4, 0.5) is 0 Å². The number of carbonyl (C=O) groups excluding carboxylic acids is 1. The Hall–Kier alpha value is -4.24. The zero-order valence-corrected chi connectivity index (χ0v) is 28.9. The largest absolute Gasteiger partial charge is 0.506 e. The number of nitrogens with zero attached hydrogens (tertiary/aromatic N) is 2. The third kappa shape index (κ3) is 6.08. The van der Waals surface area contributed by atoms with Crippen LogP contribution in [0.15, 0.2) is 82.3 Å². The van der Waals surface area contributed by atoms with Crippen molar-refractivity contribution in [2.45, 2.75) is 56.2 Å². The van der Waals surface area contributed by atoms with E-state index in [-0.39, 0.29) is 23.5 Å². The molecule has 6 N–H and O–H groups in total. The van der Waals surface area contributed by atoms with Gasteiger partial charge in [-0.1, -0.05) is 24.3 Å². The molecule has 2 aromatic carbocycles. The number of aliphatic hydroxyl groups excluding tert-OH is 1. The van der Waals surface area contributed by atoms with Gasteiger partial charge in [-0.3, -0.25) is 19.5 Å². The van der Waals surface area contributed by atoms with Gasteiger partial charge in [0.05, 0.1) is 32.4 Å². The van der Waals surface area contributed by atoms with Gasteiger partial charge < -0.3 is 30.4 Å². The number of likely N-dealkylation sites (tertiary alicyclic amines) is 1. The number of fused-ring (bicyclic) bond motifs is 4. The van der Waals surface area contributed by atoms with Crippen LogP contribution in [0.25, 0.3) is 21.9 Å². The van der Waals surface area contributed by atoms with Crippen molar-refractivity contribution in [3.63, 3.8) is 0 Å². The second-order valence-corrected chi connectivity index (χ2v) is 15.3. The fraction of sp³-hybridized carbons (Fsp3) is 0.351. The third-order valence-electron chi connectivity index (χ3n) is 10.2. The summed E-state index contributed by atoms with van der Waals surface area (Å²) in [5.74, 6) is -0.122. The molecule has 5 heterocycles. The van der Waals surface area contributed by atoms with Crippen LogP contribution in [0.3, 0.4) is 0 Å². The molecule has 0 amide bonds. The third-order valence-corrected chi connectivity index (χ3v) is 12.2. The number of nitrogens with one attached hydrogen (secondary N) is 3. The van der Waals surface area contributed by atoms with Gasteiger partial charge in [-0.2, -0.15) is 0 Å². The lowest BCUT2D eigenvalue weighted by atomic mass is 9.99. The van der Waals surface area contributed by atoms with Crippen molar-refractivity contribution in [1.82, 2.24) is 25.0 Å². The number of aromatic amines is 2. The molecule has 2 bridgehead atoms. The van der Waals surface area contributed by atoms with Gasteiger partial charge in [0.15, 0.2) is 0 Å². The molecule has 0 spiro atoms. The number of aromatic hydroxyl groups is 1. The van der Waals surface area contributed by atoms with Crippen molar-refractivity contribution in [3.8, 4) is 5.75 Å². The number of hydrogen-bond donors (Lipinski definition) is 6. The molecule has 6 aromatic rings. The summed E-state index contributed by atoms with van der Waals surface area (Å²) >= 11 is 2.72. The zero-order chi connectivity index (χ0) is 34.4. The van der Waals surface area contributed by atoms with Crippen LogP contribution < -0.4 is 10.9 Å². The summed E-state index contributed by atoms with van der Waals surface area (Å²) in [6.07, 6.45) is 1.75. The van der Waals surface area contributed by atoms with E-state index in [4.69, 9.17) is 4.74 Å². The zero-order valence-electron chi connectivity index (χ0n) is 27.2. The molecule has 2 aliphatic rings. The number of hydrogen-bond acceptors (Lipinski definition) is 10. The molecule has 11 nitrogen and oxygen atoms in total. The Bertz CT molecular complexity index is 2140. The fourth-order valence-corrected chi connectivity index (χ4v) is 9.48. The molecule has 1 saturated carbocycles. The number of aliphatic hydroxyl groups is 2. The van der Waals surface area contributed by atoms with Gasteiger partial charge in [-0.25, -0.2) is 4.79 Å². The predicted octanol–water partition coefficient (Wildman–Crippen LogP) is 4.79. The standard InChI is InChI=1S/C37H39N5O6S2/c43-29-10-7-24(25-8-11-34(45)39-35(25)29)30(44)20-38-19-22-6-9-27-26(16-22)40-42(27)13-3-12-41-21-23-17-28(41)31(18-23)48-36(46)37(47,32-4-1-14-49-32)33-5-2-15-50-33/h1-2,4-11,14-16,23,28,30-31,38,40,43-44,47H,3,12-13,17-21H2,(H,39,45)/t23?,28?,30-,31?/m0/s1. The highest BCUT2D eigenvalue weighted by atomic mass is 32.1. The Balaban J connectivity index is 0.828. The average molecular weight is 714 g/mol. The number of piperidine rings is 1. The Morgan fingerprint density at radius 1 is 1.04 bits per heavy atom. The maximum absolute atomic E-state index is 13.6. The van der Waals surface area contributed by atoms with Gasteiger partial charge in [-0.15, -0.1) is 22.7 Å². The van der Waals surface area contributed by atoms with Crippen molar-refractivity contribution >= 4 is 50.6 Å². The summed E-state index contributed by atoms with van der Waals surface area (Å²) in [7, 11) is 0. The minimum absolute atomic E-state index is 0.0326.